The van der Waals surface area contributed by atoms with Crippen LogP contribution in [0.25, 0.3) is 0 Å². The van der Waals surface area contributed by atoms with E-state index in [1.165, 1.54) is 15.8 Å². The average molecular weight is 291 g/mol. The average Bonchev–Trinajstić information content (AvgIpc) is 2.92. The second-order valence-electron chi connectivity index (χ2n) is 5.00. The first-order chi connectivity index (χ1) is 9.72. The quantitative estimate of drug-likeness (QED) is 0.777. The molecule has 0 saturated carbocycles. The number of rotatable bonds is 7. The van der Waals surface area contributed by atoms with Gasteiger partial charge in [-0.25, -0.2) is 4.39 Å². The van der Waals surface area contributed by atoms with Gasteiger partial charge in [0.2, 0.25) is 0 Å². The van der Waals surface area contributed by atoms with Crippen molar-refractivity contribution < 1.29 is 4.39 Å². The van der Waals surface area contributed by atoms with Crippen LogP contribution in [0, 0.1) is 5.82 Å². The van der Waals surface area contributed by atoms with Crippen LogP contribution in [0.15, 0.2) is 36.4 Å². The predicted molar refractivity (Wildman–Crippen MR) is 84.8 cm³/mol. The molecular weight excluding hydrogens is 269 g/mol. The molecule has 0 saturated heterocycles. The third-order valence-corrected chi connectivity index (χ3v) is 4.69. The Balaban J connectivity index is 2.14. The summed E-state index contributed by atoms with van der Waals surface area (Å²) in [6.07, 6.45) is 3.01. The van der Waals surface area contributed by atoms with Gasteiger partial charge in [-0.05, 0) is 55.6 Å². The van der Waals surface area contributed by atoms with E-state index in [1.807, 2.05) is 17.4 Å². The van der Waals surface area contributed by atoms with Gasteiger partial charge in [0, 0.05) is 15.8 Å². The minimum Gasteiger partial charge on any atom is -0.309 e. The Hall–Kier alpha value is -1.19. The highest BCUT2D eigenvalue weighted by molar-refractivity contribution is 7.12. The Morgan fingerprint density at radius 2 is 2.05 bits per heavy atom. The van der Waals surface area contributed by atoms with E-state index in [0.29, 0.717) is 0 Å². The summed E-state index contributed by atoms with van der Waals surface area (Å²) < 4.78 is 13.3. The van der Waals surface area contributed by atoms with Crippen molar-refractivity contribution in [1.29, 1.82) is 0 Å². The van der Waals surface area contributed by atoms with Crippen molar-refractivity contribution in [3.63, 3.8) is 0 Å². The second-order valence-corrected chi connectivity index (χ2v) is 6.20. The van der Waals surface area contributed by atoms with Crippen molar-refractivity contribution in [3.05, 3.63) is 57.5 Å². The zero-order chi connectivity index (χ0) is 14.4. The molecule has 0 spiro atoms. The largest absolute Gasteiger partial charge is 0.309 e. The highest BCUT2D eigenvalue weighted by Gasteiger charge is 2.14. The number of aryl methyl sites for hydroxylation is 1. The zero-order valence-corrected chi connectivity index (χ0v) is 13.0. The molecule has 1 nitrogen and oxygen atoms in total. The molecule has 20 heavy (non-hydrogen) atoms. The van der Waals surface area contributed by atoms with E-state index in [9.17, 15) is 4.39 Å². The van der Waals surface area contributed by atoms with Crippen LogP contribution in [-0.4, -0.2) is 6.54 Å². The molecule has 0 aliphatic carbocycles. The number of nitrogens with one attached hydrogen (secondary N) is 1. The smallest absolute Gasteiger partial charge is 0.123 e. The van der Waals surface area contributed by atoms with Gasteiger partial charge in [0.25, 0.3) is 0 Å². The Bertz CT molecular complexity index is 535. The summed E-state index contributed by atoms with van der Waals surface area (Å²) in [5.74, 6) is -0.155. The van der Waals surface area contributed by atoms with E-state index in [2.05, 4.69) is 31.3 Å². The predicted octanol–water partition coefficient (Wildman–Crippen LogP) is 4.73. The third-order valence-electron chi connectivity index (χ3n) is 3.34. The molecule has 0 aliphatic heterocycles. The Morgan fingerprint density at radius 1 is 1.20 bits per heavy atom. The van der Waals surface area contributed by atoms with Crippen molar-refractivity contribution in [2.24, 2.45) is 0 Å². The lowest BCUT2D eigenvalue weighted by molar-refractivity contribution is 0.534. The molecule has 1 aromatic heterocycles. The first-order valence-corrected chi connectivity index (χ1v) is 8.11. The molecule has 1 atom stereocenters. The minimum atomic E-state index is -0.155. The van der Waals surface area contributed by atoms with Crippen molar-refractivity contribution in [3.8, 4) is 0 Å². The number of hydrogen-bond acceptors (Lipinski definition) is 2. The van der Waals surface area contributed by atoms with Crippen molar-refractivity contribution in [2.45, 2.75) is 39.2 Å². The summed E-state index contributed by atoms with van der Waals surface area (Å²) in [7, 11) is 0. The molecule has 0 radical (unpaired) electrons. The Kier molecular flexibility index (Phi) is 5.74. The molecule has 108 valence electrons. The number of benzene rings is 1. The fraction of sp³-hybridized carbons (Fsp3) is 0.412. The van der Waals surface area contributed by atoms with E-state index in [0.717, 1.165) is 31.4 Å². The molecule has 1 aromatic carbocycles. The summed E-state index contributed by atoms with van der Waals surface area (Å²) in [6.45, 7) is 5.33. The fourth-order valence-corrected chi connectivity index (χ4v) is 3.29. The Morgan fingerprint density at radius 3 is 2.70 bits per heavy atom. The normalized spacial score (nSPS) is 12.6. The molecule has 0 amide bonds. The van der Waals surface area contributed by atoms with Crippen molar-refractivity contribution >= 4 is 11.3 Å². The van der Waals surface area contributed by atoms with Crippen LogP contribution in [0.2, 0.25) is 0 Å². The molecule has 1 N–H and O–H groups in total. The van der Waals surface area contributed by atoms with E-state index >= 15 is 0 Å². The molecule has 0 aliphatic rings. The maximum absolute atomic E-state index is 13.3. The van der Waals surface area contributed by atoms with Crippen LogP contribution in [0.4, 0.5) is 4.39 Å². The molecule has 3 heteroatoms. The van der Waals surface area contributed by atoms with E-state index in [1.54, 1.807) is 12.1 Å². The van der Waals surface area contributed by atoms with Crippen molar-refractivity contribution in [2.75, 3.05) is 6.54 Å². The van der Waals surface area contributed by atoms with Gasteiger partial charge in [0.05, 0.1) is 0 Å². The van der Waals surface area contributed by atoms with Crippen LogP contribution in [0.5, 0.6) is 0 Å². The van der Waals surface area contributed by atoms with Gasteiger partial charge in [-0.3, -0.25) is 0 Å². The highest BCUT2D eigenvalue weighted by atomic mass is 32.1. The molecule has 1 heterocycles. The first-order valence-electron chi connectivity index (χ1n) is 7.29. The van der Waals surface area contributed by atoms with Gasteiger partial charge in [-0.1, -0.05) is 26.0 Å². The van der Waals surface area contributed by atoms with E-state index < -0.39 is 0 Å². The van der Waals surface area contributed by atoms with Gasteiger partial charge < -0.3 is 5.32 Å². The Labute approximate surface area is 124 Å². The molecule has 0 bridgehead atoms. The van der Waals surface area contributed by atoms with Gasteiger partial charge in [0.1, 0.15) is 5.82 Å². The molecule has 2 rings (SSSR count). The molecule has 0 fully saturated rings. The van der Waals surface area contributed by atoms with Crippen LogP contribution < -0.4 is 5.32 Å². The van der Waals surface area contributed by atoms with Crippen LogP contribution in [-0.2, 0) is 12.8 Å². The summed E-state index contributed by atoms with van der Waals surface area (Å²) in [6, 6.07) is 11.6. The summed E-state index contributed by atoms with van der Waals surface area (Å²) >= 11 is 1.86. The standard InChI is InChI=1S/C17H22FNS/c1-3-10-19-16(17-9-8-15(4-2)20-17)12-13-6-5-7-14(18)11-13/h5-9,11,16,19H,3-4,10,12H2,1-2H3. The van der Waals surface area contributed by atoms with Crippen LogP contribution in [0.1, 0.15) is 41.6 Å². The monoisotopic (exact) mass is 291 g/mol. The van der Waals surface area contributed by atoms with E-state index in [-0.39, 0.29) is 11.9 Å². The summed E-state index contributed by atoms with van der Waals surface area (Å²) in [5, 5.41) is 3.58. The lowest BCUT2D eigenvalue weighted by atomic mass is 10.0. The third kappa shape index (κ3) is 4.15. The zero-order valence-electron chi connectivity index (χ0n) is 12.2. The minimum absolute atomic E-state index is 0.155. The number of hydrogen-bond donors (Lipinski definition) is 1. The van der Waals surface area contributed by atoms with Gasteiger partial charge in [-0.2, -0.15) is 0 Å². The maximum atomic E-state index is 13.3. The molecular formula is C17H22FNS. The maximum Gasteiger partial charge on any atom is 0.123 e. The fourth-order valence-electron chi connectivity index (χ4n) is 2.26. The number of thiophene rings is 1. The first kappa shape index (κ1) is 15.2. The molecule has 2 aromatic rings. The van der Waals surface area contributed by atoms with E-state index in [4.69, 9.17) is 0 Å². The summed E-state index contributed by atoms with van der Waals surface area (Å²) in [4.78, 5) is 2.75. The molecule has 1 unspecified atom stereocenters. The topological polar surface area (TPSA) is 12.0 Å². The lowest BCUT2D eigenvalue weighted by Gasteiger charge is -2.17. The van der Waals surface area contributed by atoms with Crippen LogP contribution in [0.3, 0.4) is 0 Å². The highest BCUT2D eigenvalue weighted by Crippen LogP contribution is 2.26. The second kappa shape index (κ2) is 7.55. The number of halogens is 1. The summed E-state index contributed by atoms with van der Waals surface area (Å²) in [5.41, 5.74) is 1.05. The van der Waals surface area contributed by atoms with Gasteiger partial charge >= 0.3 is 0 Å². The van der Waals surface area contributed by atoms with Gasteiger partial charge in [-0.15, -0.1) is 11.3 Å². The van der Waals surface area contributed by atoms with Crippen molar-refractivity contribution in [1.82, 2.24) is 5.32 Å². The van der Waals surface area contributed by atoms with Gasteiger partial charge in [0.15, 0.2) is 0 Å². The van der Waals surface area contributed by atoms with Crippen LogP contribution >= 0.6 is 11.3 Å². The lowest BCUT2D eigenvalue weighted by Crippen LogP contribution is -2.23. The SMILES string of the molecule is CCCNC(Cc1cccc(F)c1)c1ccc(CC)s1.